The molecule has 0 aliphatic heterocycles. The highest BCUT2D eigenvalue weighted by molar-refractivity contribution is 5.35. The molecule has 0 atom stereocenters. The van der Waals surface area contributed by atoms with E-state index < -0.39 is 0 Å². The molecular weight excluding hydrogens is 226 g/mol. The Morgan fingerprint density at radius 2 is 1.94 bits per heavy atom. The normalized spacial score (nSPS) is 10.7. The number of nitrogens with zero attached hydrogens (tertiary/aromatic N) is 1. The third kappa shape index (κ3) is 3.08. The average molecular weight is 243 g/mol. The summed E-state index contributed by atoms with van der Waals surface area (Å²) in [6.07, 6.45) is 1.63. The number of hydrogen-bond donors (Lipinski definition) is 1. The Kier molecular flexibility index (Phi) is 3.95. The van der Waals surface area contributed by atoms with E-state index in [4.69, 9.17) is 9.84 Å². The van der Waals surface area contributed by atoms with Crippen LogP contribution in [-0.2, 0) is 6.61 Å². The molecule has 0 saturated heterocycles. The Balaban J connectivity index is 2.20. The molecule has 0 unspecified atom stereocenters. The molecule has 0 saturated carbocycles. The Morgan fingerprint density at radius 1 is 1.17 bits per heavy atom. The number of hydrogen-bond acceptors (Lipinski definition) is 3. The van der Waals surface area contributed by atoms with Crippen LogP contribution in [0.5, 0.6) is 11.5 Å². The van der Waals surface area contributed by atoms with Gasteiger partial charge < -0.3 is 9.84 Å². The highest BCUT2D eigenvalue weighted by Gasteiger charge is 2.03. The van der Waals surface area contributed by atoms with E-state index >= 15 is 0 Å². The van der Waals surface area contributed by atoms with Crippen molar-refractivity contribution in [2.45, 2.75) is 26.4 Å². The predicted octanol–water partition coefficient (Wildman–Crippen LogP) is 3.49. The Labute approximate surface area is 107 Å². The minimum Gasteiger partial charge on any atom is -0.457 e. The summed E-state index contributed by atoms with van der Waals surface area (Å²) in [5, 5.41) is 9.03. The van der Waals surface area contributed by atoms with Crippen LogP contribution in [0, 0.1) is 0 Å². The molecule has 94 valence electrons. The van der Waals surface area contributed by atoms with Gasteiger partial charge in [-0.1, -0.05) is 26.0 Å². The molecule has 1 aromatic carbocycles. The van der Waals surface area contributed by atoms with Crippen LogP contribution in [0.1, 0.15) is 31.0 Å². The minimum atomic E-state index is -0.0801. The smallest absolute Gasteiger partial charge is 0.130 e. The van der Waals surface area contributed by atoms with Crippen LogP contribution >= 0.6 is 0 Å². The summed E-state index contributed by atoms with van der Waals surface area (Å²) in [4.78, 5) is 4.02. The van der Waals surface area contributed by atoms with E-state index in [1.54, 1.807) is 18.3 Å². The number of benzene rings is 1. The third-order valence-corrected chi connectivity index (χ3v) is 2.71. The fourth-order valence-corrected chi connectivity index (χ4v) is 1.68. The molecule has 18 heavy (non-hydrogen) atoms. The van der Waals surface area contributed by atoms with Crippen LogP contribution in [0.4, 0.5) is 0 Å². The van der Waals surface area contributed by atoms with Gasteiger partial charge in [0.25, 0.3) is 0 Å². The molecule has 0 radical (unpaired) electrons. The standard InChI is InChI=1S/C15H17NO2/c1-11(2)12-4-3-5-14(8-12)18-15-6-7-16-13(9-15)10-17/h3-9,11,17H,10H2,1-2H3. The second kappa shape index (κ2) is 5.65. The lowest BCUT2D eigenvalue weighted by Crippen LogP contribution is -1.92. The SMILES string of the molecule is CC(C)c1cccc(Oc2ccnc(CO)c2)c1. The Bertz CT molecular complexity index is 523. The van der Waals surface area contributed by atoms with E-state index in [0.717, 1.165) is 5.75 Å². The number of ether oxygens (including phenoxy) is 1. The van der Waals surface area contributed by atoms with Crippen molar-refractivity contribution in [2.24, 2.45) is 0 Å². The van der Waals surface area contributed by atoms with Crippen LogP contribution in [-0.4, -0.2) is 10.1 Å². The van der Waals surface area contributed by atoms with Crippen molar-refractivity contribution < 1.29 is 9.84 Å². The highest BCUT2D eigenvalue weighted by atomic mass is 16.5. The molecule has 2 rings (SSSR count). The topological polar surface area (TPSA) is 42.4 Å². The van der Waals surface area contributed by atoms with Gasteiger partial charge in [0.15, 0.2) is 0 Å². The summed E-state index contributed by atoms with van der Waals surface area (Å²) in [6, 6.07) is 11.5. The van der Waals surface area contributed by atoms with Gasteiger partial charge in [-0.05, 0) is 29.7 Å². The van der Waals surface area contributed by atoms with Gasteiger partial charge in [0.05, 0.1) is 12.3 Å². The van der Waals surface area contributed by atoms with E-state index in [1.165, 1.54) is 5.56 Å². The first-order valence-electron chi connectivity index (χ1n) is 6.02. The average Bonchev–Trinajstić information content (AvgIpc) is 2.39. The van der Waals surface area contributed by atoms with Crippen molar-refractivity contribution in [3.05, 3.63) is 53.9 Å². The maximum Gasteiger partial charge on any atom is 0.130 e. The molecule has 0 bridgehead atoms. The van der Waals surface area contributed by atoms with Crippen molar-refractivity contribution in [3.8, 4) is 11.5 Å². The fourth-order valence-electron chi connectivity index (χ4n) is 1.68. The molecule has 3 nitrogen and oxygen atoms in total. The number of rotatable bonds is 4. The lowest BCUT2D eigenvalue weighted by Gasteiger charge is -2.10. The van der Waals surface area contributed by atoms with Crippen molar-refractivity contribution in [2.75, 3.05) is 0 Å². The number of aromatic nitrogens is 1. The van der Waals surface area contributed by atoms with Gasteiger partial charge in [0.1, 0.15) is 11.5 Å². The largest absolute Gasteiger partial charge is 0.457 e. The van der Waals surface area contributed by atoms with Gasteiger partial charge in [0, 0.05) is 12.3 Å². The zero-order chi connectivity index (χ0) is 13.0. The highest BCUT2D eigenvalue weighted by Crippen LogP contribution is 2.25. The van der Waals surface area contributed by atoms with Crippen molar-refractivity contribution in [1.82, 2.24) is 4.98 Å². The van der Waals surface area contributed by atoms with Crippen LogP contribution < -0.4 is 4.74 Å². The number of pyridine rings is 1. The maximum atomic E-state index is 9.03. The third-order valence-electron chi connectivity index (χ3n) is 2.71. The molecule has 0 amide bonds. The second-order valence-corrected chi connectivity index (χ2v) is 4.47. The predicted molar refractivity (Wildman–Crippen MR) is 70.8 cm³/mol. The zero-order valence-electron chi connectivity index (χ0n) is 10.6. The Morgan fingerprint density at radius 3 is 2.67 bits per heavy atom. The van der Waals surface area contributed by atoms with Crippen LogP contribution in [0.15, 0.2) is 42.6 Å². The lowest BCUT2D eigenvalue weighted by atomic mass is 10.0. The summed E-state index contributed by atoms with van der Waals surface area (Å²) in [5.74, 6) is 1.96. The van der Waals surface area contributed by atoms with E-state index in [-0.39, 0.29) is 6.61 Å². The molecule has 0 fully saturated rings. The molecule has 0 spiro atoms. The van der Waals surface area contributed by atoms with Crippen LogP contribution in [0.25, 0.3) is 0 Å². The molecule has 0 aliphatic rings. The molecule has 1 N–H and O–H groups in total. The van der Waals surface area contributed by atoms with E-state index in [1.807, 2.05) is 18.2 Å². The summed E-state index contributed by atoms with van der Waals surface area (Å²) in [5.41, 5.74) is 1.84. The van der Waals surface area contributed by atoms with Gasteiger partial charge in [-0.15, -0.1) is 0 Å². The molecule has 0 aliphatic carbocycles. The number of aliphatic hydroxyl groups is 1. The summed E-state index contributed by atoms with van der Waals surface area (Å²) in [6.45, 7) is 4.22. The monoisotopic (exact) mass is 243 g/mol. The summed E-state index contributed by atoms with van der Waals surface area (Å²) < 4.78 is 5.76. The van der Waals surface area contributed by atoms with Crippen LogP contribution in [0.3, 0.4) is 0 Å². The first-order chi connectivity index (χ1) is 8.69. The Hall–Kier alpha value is -1.87. The zero-order valence-corrected chi connectivity index (χ0v) is 10.6. The maximum absolute atomic E-state index is 9.03. The van der Waals surface area contributed by atoms with Gasteiger partial charge in [-0.2, -0.15) is 0 Å². The van der Waals surface area contributed by atoms with Crippen LogP contribution in [0.2, 0.25) is 0 Å². The van der Waals surface area contributed by atoms with E-state index in [2.05, 4.69) is 24.9 Å². The lowest BCUT2D eigenvalue weighted by molar-refractivity contribution is 0.276. The first-order valence-corrected chi connectivity index (χ1v) is 6.02. The fraction of sp³-hybridized carbons (Fsp3) is 0.267. The van der Waals surface area contributed by atoms with Gasteiger partial charge in [-0.3, -0.25) is 4.98 Å². The van der Waals surface area contributed by atoms with Crippen molar-refractivity contribution in [3.63, 3.8) is 0 Å². The van der Waals surface area contributed by atoms with Crippen molar-refractivity contribution >= 4 is 0 Å². The molecule has 2 aromatic rings. The summed E-state index contributed by atoms with van der Waals surface area (Å²) >= 11 is 0. The van der Waals surface area contributed by atoms with Gasteiger partial charge >= 0.3 is 0 Å². The quantitative estimate of drug-likeness (QED) is 0.893. The molecule has 3 heteroatoms. The van der Waals surface area contributed by atoms with Gasteiger partial charge in [-0.25, -0.2) is 0 Å². The second-order valence-electron chi connectivity index (χ2n) is 4.47. The van der Waals surface area contributed by atoms with E-state index in [0.29, 0.717) is 17.4 Å². The number of aliphatic hydroxyl groups excluding tert-OH is 1. The molecule has 1 heterocycles. The van der Waals surface area contributed by atoms with Gasteiger partial charge in [0.2, 0.25) is 0 Å². The van der Waals surface area contributed by atoms with E-state index in [9.17, 15) is 0 Å². The first kappa shape index (κ1) is 12.6. The van der Waals surface area contributed by atoms with Crippen molar-refractivity contribution in [1.29, 1.82) is 0 Å². The molecule has 1 aromatic heterocycles. The minimum absolute atomic E-state index is 0.0801. The molecular formula is C15H17NO2. The summed E-state index contributed by atoms with van der Waals surface area (Å²) in [7, 11) is 0.